The predicted octanol–water partition coefficient (Wildman–Crippen LogP) is -0.885. The summed E-state index contributed by atoms with van der Waals surface area (Å²) in [7, 11) is -3.03. The van der Waals surface area contributed by atoms with Crippen molar-refractivity contribution in [2.24, 2.45) is 0 Å². The molecule has 1 aliphatic rings. The molecule has 108 valence electrons. The lowest BCUT2D eigenvalue weighted by molar-refractivity contribution is -0.120. The lowest BCUT2D eigenvalue weighted by atomic mass is 10.2. The zero-order valence-electron chi connectivity index (χ0n) is 10.7. The fourth-order valence-electron chi connectivity index (χ4n) is 1.94. The molecule has 1 aromatic heterocycles. The SMILES string of the molecule is O=C(CNC(=O)c1ccccn1)N[C@H]1CCS(=O)(=O)C1. The van der Waals surface area contributed by atoms with Crippen LogP contribution in [0.25, 0.3) is 0 Å². The summed E-state index contributed by atoms with van der Waals surface area (Å²) in [5.74, 6) is -0.790. The second-order valence-corrected chi connectivity index (χ2v) is 6.79. The molecule has 0 aliphatic carbocycles. The van der Waals surface area contributed by atoms with Crippen LogP contribution in [-0.4, -0.2) is 49.3 Å². The Bertz CT molecular complexity index is 600. The van der Waals surface area contributed by atoms with Crippen LogP contribution in [0.2, 0.25) is 0 Å². The molecule has 2 heterocycles. The van der Waals surface area contributed by atoms with Crippen LogP contribution in [0.4, 0.5) is 0 Å². The minimum Gasteiger partial charge on any atom is -0.351 e. The van der Waals surface area contributed by atoms with E-state index in [0.29, 0.717) is 6.42 Å². The van der Waals surface area contributed by atoms with Crippen LogP contribution in [-0.2, 0) is 14.6 Å². The van der Waals surface area contributed by atoms with Crippen molar-refractivity contribution in [3.63, 3.8) is 0 Å². The highest BCUT2D eigenvalue weighted by molar-refractivity contribution is 7.91. The Kier molecular flexibility index (Phi) is 4.33. The first-order valence-corrected chi connectivity index (χ1v) is 7.97. The predicted molar refractivity (Wildman–Crippen MR) is 71.8 cm³/mol. The molecule has 0 saturated carbocycles. The second-order valence-electron chi connectivity index (χ2n) is 4.57. The molecule has 2 amide bonds. The summed E-state index contributed by atoms with van der Waals surface area (Å²) in [6.07, 6.45) is 1.90. The largest absolute Gasteiger partial charge is 0.351 e. The summed E-state index contributed by atoms with van der Waals surface area (Å²) >= 11 is 0. The van der Waals surface area contributed by atoms with E-state index < -0.39 is 21.7 Å². The maximum absolute atomic E-state index is 11.6. The van der Waals surface area contributed by atoms with E-state index in [2.05, 4.69) is 15.6 Å². The van der Waals surface area contributed by atoms with E-state index in [1.165, 1.54) is 12.3 Å². The molecule has 20 heavy (non-hydrogen) atoms. The number of nitrogens with zero attached hydrogens (tertiary/aromatic N) is 1. The van der Waals surface area contributed by atoms with Gasteiger partial charge in [0.2, 0.25) is 5.91 Å². The van der Waals surface area contributed by atoms with E-state index in [1.807, 2.05) is 0 Å². The Morgan fingerprint density at radius 3 is 2.75 bits per heavy atom. The molecule has 0 bridgehead atoms. The molecular formula is C12H15N3O4S. The van der Waals surface area contributed by atoms with Gasteiger partial charge in [0.1, 0.15) is 5.69 Å². The van der Waals surface area contributed by atoms with Crippen molar-refractivity contribution in [2.45, 2.75) is 12.5 Å². The van der Waals surface area contributed by atoms with Gasteiger partial charge >= 0.3 is 0 Å². The van der Waals surface area contributed by atoms with Crippen LogP contribution in [0.1, 0.15) is 16.9 Å². The highest BCUT2D eigenvalue weighted by Gasteiger charge is 2.28. The molecule has 1 aromatic rings. The van der Waals surface area contributed by atoms with Crippen LogP contribution >= 0.6 is 0 Å². The molecule has 2 rings (SSSR count). The van der Waals surface area contributed by atoms with Gasteiger partial charge in [-0.25, -0.2) is 8.42 Å². The van der Waals surface area contributed by atoms with E-state index in [4.69, 9.17) is 0 Å². The molecule has 0 radical (unpaired) electrons. The minimum atomic E-state index is -3.03. The van der Waals surface area contributed by atoms with Gasteiger partial charge in [-0.1, -0.05) is 6.07 Å². The number of hydrogen-bond donors (Lipinski definition) is 2. The third-order valence-corrected chi connectivity index (χ3v) is 4.67. The van der Waals surface area contributed by atoms with Crippen molar-refractivity contribution in [1.82, 2.24) is 15.6 Å². The average molecular weight is 297 g/mol. The fourth-order valence-corrected chi connectivity index (χ4v) is 3.61. The normalized spacial score (nSPS) is 20.3. The average Bonchev–Trinajstić information content (AvgIpc) is 2.76. The Morgan fingerprint density at radius 2 is 2.15 bits per heavy atom. The number of hydrogen-bond acceptors (Lipinski definition) is 5. The second kappa shape index (κ2) is 6.00. The minimum absolute atomic E-state index is 0.0348. The number of amides is 2. The molecule has 1 atom stereocenters. The van der Waals surface area contributed by atoms with Crippen molar-refractivity contribution < 1.29 is 18.0 Å². The number of pyridine rings is 1. The van der Waals surface area contributed by atoms with Crippen molar-refractivity contribution >= 4 is 21.7 Å². The summed E-state index contributed by atoms with van der Waals surface area (Å²) in [6, 6.07) is 4.53. The van der Waals surface area contributed by atoms with E-state index in [9.17, 15) is 18.0 Å². The molecule has 0 aromatic carbocycles. The van der Waals surface area contributed by atoms with Crippen LogP contribution in [0, 0.1) is 0 Å². The number of aromatic nitrogens is 1. The van der Waals surface area contributed by atoms with E-state index in [-0.39, 0.29) is 29.8 Å². The maximum Gasteiger partial charge on any atom is 0.270 e. The standard InChI is InChI=1S/C12H15N3O4S/c16-11(15-9-4-6-20(18,19)8-9)7-14-12(17)10-3-1-2-5-13-10/h1-3,5,9H,4,6-8H2,(H,14,17)(H,15,16)/t9-/m0/s1. The van der Waals surface area contributed by atoms with Gasteiger partial charge in [0.15, 0.2) is 9.84 Å². The first-order chi connectivity index (χ1) is 9.46. The molecule has 1 aliphatic heterocycles. The molecule has 0 unspecified atom stereocenters. The third kappa shape index (κ3) is 4.02. The van der Waals surface area contributed by atoms with E-state index >= 15 is 0 Å². The zero-order valence-corrected chi connectivity index (χ0v) is 11.5. The smallest absolute Gasteiger partial charge is 0.270 e. The van der Waals surface area contributed by atoms with Gasteiger partial charge in [-0.3, -0.25) is 14.6 Å². The lowest BCUT2D eigenvalue weighted by Crippen LogP contribution is -2.42. The Labute approximate surface area is 116 Å². The van der Waals surface area contributed by atoms with Crippen molar-refractivity contribution in [1.29, 1.82) is 0 Å². The first kappa shape index (κ1) is 14.4. The fraction of sp³-hybridized carbons (Fsp3) is 0.417. The zero-order chi connectivity index (χ0) is 14.6. The number of carbonyl (C=O) groups excluding carboxylic acids is 2. The number of carbonyl (C=O) groups is 2. The first-order valence-electron chi connectivity index (χ1n) is 6.15. The molecular weight excluding hydrogens is 282 g/mol. The van der Waals surface area contributed by atoms with Gasteiger partial charge in [-0.15, -0.1) is 0 Å². The molecule has 8 heteroatoms. The van der Waals surface area contributed by atoms with Gasteiger partial charge in [0, 0.05) is 12.2 Å². The van der Waals surface area contributed by atoms with Gasteiger partial charge in [0.25, 0.3) is 5.91 Å². The van der Waals surface area contributed by atoms with Crippen LogP contribution in [0.5, 0.6) is 0 Å². The van der Waals surface area contributed by atoms with Gasteiger partial charge in [-0.2, -0.15) is 0 Å². The van der Waals surface area contributed by atoms with Crippen LogP contribution in [0.3, 0.4) is 0 Å². The number of nitrogens with one attached hydrogen (secondary N) is 2. The summed E-state index contributed by atoms with van der Waals surface area (Å²) in [6.45, 7) is -0.202. The Hall–Kier alpha value is -1.96. The molecule has 0 spiro atoms. The van der Waals surface area contributed by atoms with Crippen LogP contribution in [0.15, 0.2) is 24.4 Å². The Morgan fingerprint density at radius 1 is 1.35 bits per heavy atom. The lowest BCUT2D eigenvalue weighted by Gasteiger charge is -2.11. The van der Waals surface area contributed by atoms with Crippen molar-refractivity contribution in [3.8, 4) is 0 Å². The number of rotatable bonds is 4. The Balaban J connectivity index is 1.77. The van der Waals surface area contributed by atoms with Gasteiger partial charge in [-0.05, 0) is 18.6 Å². The van der Waals surface area contributed by atoms with Crippen LogP contribution < -0.4 is 10.6 Å². The number of sulfone groups is 1. The monoisotopic (exact) mass is 297 g/mol. The van der Waals surface area contributed by atoms with Crippen molar-refractivity contribution in [3.05, 3.63) is 30.1 Å². The summed E-state index contributed by atoms with van der Waals surface area (Å²) in [5, 5.41) is 5.02. The molecule has 1 fully saturated rings. The summed E-state index contributed by atoms with van der Waals surface area (Å²) < 4.78 is 22.5. The summed E-state index contributed by atoms with van der Waals surface area (Å²) in [5.41, 5.74) is 0.226. The highest BCUT2D eigenvalue weighted by Crippen LogP contribution is 2.10. The molecule has 7 nitrogen and oxygen atoms in total. The third-order valence-electron chi connectivity index (χ3n) is 2.90. The maximum atomic E-state index is 11.6. The topological polar surface area (TPSA) is 105 Å². The van der Waals surface area contributed by atoms with Gasteiger partial charge in [0.05, 0.1) is 18.1 Å². The highest BCUT2D eigenvalue weighted by atomic mass is 32.2. The van der Waals surface area contributed by atoms with E-state index in [0.717, 1.165) is 0 Å². The molecule has 2 N–H and O–H groups in total. The van der Waals surface area contributed by atoms with E-state index in [1.54, 1.807) is 12.1 Å². The summed E-state index contributed by atoms with van der Waals surface area (Å²) in [4.78, 5) is 27.1. The molecule has 1 saturated heterocycles. The quantitative estimate of drug-likeness (QED) is 0.750. The van der Waals surface area contributed by atoms with Crippen molar-refractivity contribution in [2.75, 3.05) is 18.1 Å². The van der Waals surface area contributed by atoms with Gasteiger partial charge < -0.3 is 10.6 Å².